The van der Waals surface area contributed by atoms with Gasteiger partial charge in [-0.15, -0.1) is 9.44 Å². The molecule has 12 heteroatoms. The number of halogens is 2. The van der Waals surface area contributed by atoms with E-state index < -0.39 is 25.2 Å². The van der Waals surface area contributed by atoms with Gasteiger partial charge in [0.1, 0.15) is 0 Å². The molecule has 8 nitrogen and oxygen atoms in total. The highest BCUT2D eigenvalue weighted by atomic mass is 35.5. The van der Waals surface area contributed by atoms with Crippen molar-refractivity contribution < 1.29 is 25.9 Å². The lowest BCUT2D eigenvalue weighted by molar-refractivity contribution is 0.440. The van der Waals surface area contributed by atoms with Crippen molar-refractivity contribution in [2.45, 2.75) is 4.58 Å². The summed E-state index contributed by atoms with van der Waals surface area (Å²) >= 11 is 9.94. The van der Waals surface area contributed by atoms with Crippen molar-refractivity contribution in [3.05, 3.63) is 0 Å². The number of alkyl halides is 2. The van der Waals surface area contributed by atoms with Crippen molar-refractivity contribution in [3.63, 3.8) is 0 Å². The Morgan fingerprint density at radius 3 is 1.31 bits per heavy atom. The molecule has 0 radical (unpaired) electrons. The molecule has 0 spiro atoms. The summed E-state index contributed by atoms with van der Waals surface area (Å²) in [4.78, 5) is 0. The maximum atomic E-state index is 10.1. The van der Waals surface area contributed by atoms with Crippen LogP contribution in [0.25, 0.3) is 0 Å². The predicted octanol–water partition coefficient (Wildman–Crippen LogP) is -1.14. The van der Waals surface area contributed by atoms with Crippen LogP contribution in [0.4, 0.5) is 0 Å². The van der Waals surface area contributed by atoms with Crippen LogP contribution in [0, 0.1) is 0 Å². The van der Waals surface area contributed by atoms with Crippen LogP contribution in [-0.2, 0) is 20.6 Å². The Labute approximate surface area is 84.0 Å². The normalized spacial score (nSPS) is 14.5. The van der Waals surface area contributed by atoms with Gasteiger partial charge in [-0.2, -0.15) is 16.8 Å². The van der Waals surface area contributed by atoms with Gasteiger partial charge >= 0.3 is 20.6 Å². The zero-order valence-corrected chi connectivity index (χ0v) is 8.74. The molecule has 0 bridgehead atoms. The van der Waals surface area contributed by atoms with E-state index in [0.717, 1.165) is 9.44 Å². The van der Waals surface area contributed by atoms with Crippen molar-refractivity contribution in [2.75, 3.05) is 0 Å². The summed E-state index contributed by atoms with van der Waals surface area (Å²) in [5.41, 5.74) is 0. The van der Waals surface area contributed by atoms with Gasteiger partial charge in [-0.3, -0.25) is 9.11 Å². The summed E-state index contributed by atoms with van der Waals surface area (Å²) in [5, 5.41) is 0. The van der Waals surface area contributed by atoms with E-state index in [0.29, 0.717) is 0 Å². The second-order valence-electron chi connectivity index (χ2n) is 1.73. The second-order valence-corrected chi connectivity index (χ2v) is 5.36. The minimum Gasteiger partial charge on any atom is -0.273 e. The summed E-state index contributed by atoms with van der Waals surface area (Å²) in [7, 11) is -9.61. The molecular weight excluding hydrogens is 271 g/mol. The average Bonchev–Trinajstić information content (AvgIpc) is 1.43. The second kappa shape index (κ2) is 3.82. The molecule has 0 aliphatic rings. The summed E-state index contributed by atoms with van der Waals surface area (Å²) in [5.74, 6) is 0. The fourth-order valence-electron chi connectivity index (χ4n) is 0.345. The van der Waals surface area contributed by atoms with Crippen LogP contribution in [0.2, 0.25) is 0 Å². The van der Waals surface area contributed by atoms with Crippen LogP contribution >= 0.6 is 23.2 Å². The molecule has 0 aromatic carbocycles. The molecule has 80 valence electrons. The summed E-state index contributed by atoms with van der Waals surface area (Å²) in [6.07, 6.45) is 0. The van der Waals surface area contributed by atoms with E-state index in [1.165, 1.54) is 0 Å². The Kier molecular flexibility index (Phi) is 3.92. The summed E-state index contributed by atoms with van der Waals surface area (Å²) < 4.78 is 56.0. The molecule has 0 atom stereocenters. The van der Waals surface area contributed by atoms with Crippen molar-refractivity contribution in [1.29, 1.82) is 0 Å². The van der Waals surface area contributed by atoms with E-state index in [2.05, 4.69) is 0 Å². The summed E-state index contributed by atoms with van der Waals surface area (Å²) in [6, 6.07) is 0. The first-order chi connectivity index (χ1) is 5.41. The third-order valence-electron chi connectivity index (χ3n) is 0.514. The first-order valence-electron chi connectivity index (χ1n) is 2.32. The van der Waals surface area contributed by atoms with Crippen LogP contribution < -0.4 is 9.44 Å². The minimum absolute atomic E-state index is 1.06. The Morgan fingerprint density at radius 1 is 0.923 bits per heavy atom. The third-order valence-corrected chi connectivity index (χ3v) is 2.47. The van der Waals surface area contributed by atoms with Crippen molar-refractivity contribution in [1.82, 2.24) is 9.44 Å². The highest BCUT2D eigenvalue weighted by molar-refractivity contribution is 7.84. The van der Waals surface area contributed by atoms with Gasteiger partial charge in [-0.1, -0.05) is 23.2 Å². The van der Waals surface area contributed by atoms with Crippen LogP contribution in [-0.4, -0.2) is 30.5 Å². The van der Waals surface area contributed by atoms with Crippen molar-refractivity contribution in [2.24, 2.45) is 0 Å². The molecule has 0 heterocycles. The van der Waals surface area contributed by atoms with Gasteiger partial charge in [0.05, 0.1) is 0 Å². The molecule has 0 unspecified atom stereocenters. The molecule has 0 aliphatic heterocycles. The number of nitrogens with one attached hydrogen (secondary N) is 2. The van der Waals surface area contributed by atoms with E-state index in [-0.39, 0.29) is 0 Å². The van der Waals surface area contributed by atoms with Gasteiger partial charge in [0.15, 0.2) is 0 Å². The van der Waals surface area contributed by atoms with Gasteiger partial charge in [-0.05, 0) is 0 Å². The van der Waals surface area contributed by atoms with Crippen molar-refractivity contribution >= 4 is 43.8 Å². The average molecular weight is 275 g/mol. The SMILES string of the molecule is O=S(=O)(O)NC(Cl)(Cl)NS(=O)(=O)O. The molecular formula is CH4Cl2N2O6S2. The monoisotopic (exact) mass is 274 g/mol. The Hall–Kier alpha value is 0.320. The van der Waals surface area contributed by atoms with E-state index in [1.54, 1.807) is 0 Å². The fourth-order valence-corrected chi connectivity index (χ4v) is 2.33. The maximum absolute atomic E-state index is 10.1. The standard InChI is InChI=1S/CH4Cl2N2O6S2/c2-1(3,4-12(6,7)8)5-13(9,10)11/h4-5H,(H,6,7,8)(H,9,10,11). The first kappa shape index (κ1) is 13.3. The van der Waals surface area contributed by atoms with Gasteiger partial charge in [0.2, 0.25) is 0 Å². The molecule has 0 fully saturated rings. The van der Waals surface area contributed by atoms with E-state index in [1.807, 2.05) is 0 Å². The third kappa shape index (κ3) is 8.64. The lowest BCUT2D eigenvalue weighted by Crippen LogP contribution is -2.51. The minimum atomic E-state index is -4.81. The largest absolute Gasteiger partial charge is 0.336 e. The van der Waals surface area contributed by atoms with E-state index in [9.17, 15) is 16.8 Å². The molecule has 0 aromatic rings. The molecule has 4 N–H and O–H groups in total. The zero-order valence-electron chi connectivity index (χ0n) is 5.60. The Balaban J connectivity index is 4.62. The first-order valence-corrected chi connectivity index (χ1v) is 5.95. The maximum Gasteiger partial charge on any atom is 0.336 e. The van der Waals surface area contributed by atoms with Crippen LogP contribution in [0.1, 0.15) is 0 Å². The van der Waals surface area contributed by atoms with Gasteiger partial charge in [0, 0.05) is 0 Å². The highest BCUT2D eigenvalue weighted by Gasteiger charge is 2.33. The Morgan fingerprint density at radius 2 is 1.15 bits per heavy atom. The zero-order chi connectivity index (χ0) is 10.9. The number of rotatable bonds is 4. The van der Waals surface area contributed by atoms with Gasteiger partial charge < -0.3 is 0 Å². The molecule has 0 amide bonds. The van der Waals surface area contributed by atoms with Crippen LogP contribution in [0.15, 0.2) is 0 Å². The molecule has 13 heavy (non-hydrogen) atoms. The van der Waals surface area contributed by atoms with E-state index >= 15 is 0 Å². The molecule has 0 saturated carbocycles. The lowest BCUT2D eigenvalue weighted by Gasteiger charge is -2.17. The van der Waals surface area contributed by atoms with Gasteiger partial charge in [-0.25, -0.2) is 0 Å². The molecule has 0 rings (SSSR count). The quantitative estimate of drug-likeness (QED) is 0.222. The molecule has 0 aromatic heterocycles. The highest BCUT2D eigenvalue weighted by Crippen LogP contribution is 2.14. The Bertz CT molecular complexity index is 333. The van der Waals surface area contributed by atoms with E-state index in [4.69, 9.17) is 32.3 Å². The molecule has 0 saturated heterocycles. The van der Waals surface area contributed by atoms with Crippen LogP contribution in [0.3, 0.4) is 0 Å². The van der Waals surface area contributed by atoms with Crippen molar-refractivity contribution in [3.8, 4) is 0 Å². The number of hydrogen-bond acceptors (Lipinski definition) is 4. The summed E-state index contributed by atoms with van der Waals surface area (Å²) in [6.45, 7) is 0. The fraction of sp³-hybridized carbons (Fsp3) is 1.00. The lowest BCUT2D eigenvalue weighted by atomic mass is 11.2. The smallest absolute Gasteiger partial charge is 0.273 e. The number of hydrogen-bond donors (Lipinski definition) is 4. The topological polar surface area (TPSA) is 133 Å². The van der Waals surface area contributed by atoms with Crippen LogP contribution in [0.5, 0.6) is 0 Å². The predicted molar refractivity (Wildman–Crippen MR) is 43.8 cm³/mol. The molecule has 0 aliphatic carbocycles. The van der Waals surface area contributed by atoms with Gasteiger partial charge in [0.25, 0.3) is 4.58 Å².